The van der Waals surface area contributed by atoms with E-state index >= 15 is 0 Å². The standard InChI is InChI=1S/C51H32N4O/c1-3-12-31(13-4-1)32-24-26-34(27-25-32)50-52-49(33-14-5-2-6-15-33)53-51(54-50)41-20-11-23-44-46(41)40-29-28-35(30-45(40)56-44)55-42-21-9-18-38-36-16-7-8-17-37(36)39-19-10-22-43(55)48(39)47(38)42/h1-30,51H,(H,52,53,54). The van der Waals surface area contributed by atoms with Crippen LogP contribution in [0.2, 0.25) is 0 Å². The molecule has 5 heteroatoms. The van der Waals surface area contributed by atoms with E-state index in [1.807, 2.05) is 36.4 Å². The molecule has 1 aliphatic heterocycles. The third kappa shape index (κ3) is 4.61. The second-order valence-electron chi connectivity index (χ2n) is 14.5. The van der Waals surface area contributed by atoms with E-state index < -0.39 is 6.17 Å². The molecule has 0 radical (unpaired) electrons. The molecule has 262 valence electrons. The van der Waals surface area contributed by atoms with Crippen molar-refractivity contribution >= 4 is 77.0 Å². The fourth-order valence-corrected chi connectivity index (χ4v) is 8.91. The van der Waals surface area contributed by atoms with Crippen molar-refractivity contribution in [2.45, 2.75) is 6.17 Å². The van der Waals surface area contributed by atoms with Crippen LogP contribution < -0.4 is 5.32 Å². The number of furan rings is 1. The lowest BCUT2D eigenvalue weighted by Crippen LogP contribution is -2.36. The second-order valence-corrected chi connectivity index (χ2v) is 14.5. The van der Waals surface area contributed by atoms with Gasteiger partial charge in [0.2, 0.25) is 0 Å². The van der Waals surface area contributed by atoms with Gasteiger partial charge in [-0.05, 0) is 63.0 Å². The molecule has 0 spiro atoms. The van der Waals surface area contributed by atoms with Crippen LogP contribution in [0.1, 0.15) is 22.9 Å². The third-order valence-corrected chi connectivity index (χ3v) is 11.4. The topological polar surface area (TPSA) is 54.8 Å². The van der Waals surface area contributed by atoms with Crippen LogP contribution in [0.3, 0.4) is 0 Å². The molecule has 0 amide bonds. The van der Waals surface area contributed by atoms with Crippen LogP contribution in [0.5, 0.6) is 0 Å². The fourth-order valence-electron chi connectivity index (χ4n) is 8.91. The minimum Gasteiger partial charge on any atom is -0.456 e. The van der Waals surface area contributed by atoms with E-state index in [-0.39, 0.29) is 0 Å². The molecule has 9 aromatic carbocycles. The van der Waals surface area contributed by atoms with Gasteiger partial charge in [-0.25, -0.2) is 9.98 Å². The summed E-state index contributed by atoms with van der Waals surface area (Å²) in [6.45, 7) is 0. The number of rotatable bonds is 5. The van der Waals surface area contributed by atoms with Crippen molar-refractivity contribution in [2.24, 2.45) is 9.98 Å². The van der Waals surface area contributed by atoms with Crippen molar-refractivity contribution in [1.82, 2.24) is 9.88 Å². The molecule has 1 atom stereocenters. The lowest BCUT2D eigenvalue weighted by Gasteiger charge is -2.23. The maximum Gasteiger partial charge on any atom is 0.170 e. The zero-order valence-corrected chi connectivity index (χ0v) is 30.1. The van der Waals surface area contributed by atoms with E-state index in [9.17, 15) is 0 Å². The fraction of sp³-hybridized carbons (Fsp3) is 0.0196. The van der Waals surface area contributed by atoms with Gasteiger partial charge in [0.15, 0.2) is 6.17 Å². The Morgan fingerprint density at radius 1 is 0.411 bits per heavy atom. The van der Waals surface area contributed by atoms with E-state index in [2.05, 4.69) is 155 Å². The number of nitrogens with one attached hydrogen (secondary N) is 1. The highest BCUT2D eigenvalue weighted by atomic mass is 16.3. The Bertz CT molecular complexity index is 3290. The van der Waals surface area contributed by atoms with Gasteiger partial charge in [-0.3, -0.25) is 0 Å². The van der Waals surface area contributed by atoms with Gasteiger partial charge in [-0.1, -0.05) is 146 Å². The van der Waals surface area contributed by atoms with E-state index in [4.69, 9.17) is 14.4 Å². The smallest absolute Gasteiger partial charge is 0.170 e. The third-order valence-electron chi connectivity index (χ3n) is 11.4. The highest BCUT2D eigenvalue weighted by Gasteiger charge is 2.25. The molecule has 5 nitrogen and oxygen atoms in total. The predicted octanol–water partition coefficient (Wildman–Crippen LogP) is 12.6. The second kappa shape index (κ2) is 12.0. The SMILES string of the molecule is c1ccc(C2=NC(c3cccc4oc5cc(-n6c7cccc8c9ccccc9c9cccc6c9c87)ccc5c34)N=C(c3ccc(-c4ccccc4)cc3)N2)cc1. The first kappa shape index (κ1) is 30.9. The van der Waals surface area contributed by atoms with Crippen LogP contribution >= 0.6 is 0 Å². The molecule has 0 fully saturated rings. The average Bonchev–Trinajstić information content (AvgIpc) is 3.82. The Morgan fingerprint density at radius 3 is 1.61 bits per heavy atom. The summed E-state index contributed by atoms with van der Waals surface area (Å²) < 4.78 is 9.10. The molecule has 0 saturated carbocycles. The van der Waals surface area contributed by atoms with Crippen LogP contribution in [-0.4, -0.2) is 16.2 Å². The molecule has 0 saturated heterocycles. The largest absolute Gasteiger partial charge is 0.456 e. The molecule has 1 unspecified atom stereocenters. The summed E-state index contributed by atoms with van der Waals surface area (Å²) in [5.41, 5.74) is 10.4. The predicted molar refractivity (Wildman–Crippen MR) is 232 cm³/mol. The van der Waals surface area contributed by atoms with Gasteiger partial charge < -0.3 is 14.3 Å². The maximum atomic E-state index is 6.71. The Kier molecular flexibility index (Phi) is 6.63. The van der Waals surface area contributed by atoms with Gasteiger partial charge in [0.05, 0.1) is 11.0 Å². The molecule has 0 bridgehead atoms. The molecule has 11 aromatic rings. The summed E-state index contributed by atoms with van der Waals surface area (Å²) in [5.74, 6) is 1.56. The van der Waals surface area contributed by atoms with Crippen molar-refractivity contribution < 1.29 is 4.42 Å². The molecule has 12 rings (SSSR count). The summed E-state index contributed by atoms with van der Waals surface area (Å²) in [6.07, 6.45) is -0.489. The van der Waals surface area contributed by atoms with Crippen LogP contribution in [-0.2, 0) is 0 Å². The molecule has 0 aliphatic carbocycles. The van der Waals surface area contributed by atoms with Crippen molar-refractivity contribution in [3.05, 3.63) is 199 Å². The van der Waals surface area contributed by atoms with Crippen molar-refractivity contribution in [3.63, 3.8) is 0 Å². The minimum absolute atomic E-state index is 0.489. The Balaban J connectivity index is 1.01. The zero-order valence-electron chi connectivity index (χ0n) is 30.1. The number of benzene rings is 9. The van der Waals surface area contributed by atoms with E-state index in [0.29, 0.717) is 0 Å². The number of aromatic nitrogens is 1. The number of amidine groups is 2. The first-order valence-corrected chi connectivity index (χ1v) is 19.0. The van der Waals surface area contributed by atoms with E-state index in [1.54, 1.807) is 0 Å². The molecule has 1 N–H and O–H groups in total. The van der Waals surface area contributed by atoms with Crippen LogP contribution in [0.15, 0.2) is 196 Å². The lowest BCUT2D eigenvalue weighted by molar-refractivity contribution is 0.667. The molecule has 2 aromatic heterocycles. The number of aliphatic imine (C=N–C) groups is 2. The number of nitrogens with zero attached hydrogens (tertiary/aromatic N) is 3. The Labute approximate surface area is 321 Å². The Hall–Kier alpha value is -7.50. The molecule has 56 heavy (non-hydrogen) atoms. The summed E-state index contributed by atoms with van der Waals surface area (Å²) in [6, 6.07) is 64.2. The van der Waals surface area contributed by atoms with Gasteiger partial charge in [0.1, 0.15) is 22.8 Å². The van der Waals surface area contributed by atoms with Crippen molar-refractivity contribution in [2.75, 3.05) is 0 Å². The number of hydrogen-bond acceptors (Lipinski definition) is 4. The lowest BCUT2D eigenvalue weighted by atomic mass is 9.95. The average molecular weight is 717 g/mol. The highest BCUT2D eigenvalue weighted by molar-refractivity contribution is 6.34. The quantitative estimate of drug-likeness (QED) is 0.180. The van der Waals surface area contributed by atoms with Gasteiger partial charge in [-0.15, -0.1) is 0 Å². The highest BCUT2D eigenvalue weighted by Crippen LogP contribution is 2.44. The monoisotopic (exact) mass is 716 g/mol. The van der Waals surface area contributed by atoms with Crippen LogP contribution in [0.4, 0.5) is 0 Å². The number of hydrogen-bond donors (Lipinski definition) is 1. The molecule has 1 aliphatic rings. The van der Waals surface area contributed by atoms with Crippen molar-refractivity contribution in [1.29, 1.82) is 0 Å². The summed E-state index contributed by atoms with van der Waals surface area (Å²) >= 11 is 0. The van der Waals surface area contributed by atoms with E-state index in [1.165, 1.54) is 48.9 Å². The first-order chi connectivity index (χ1) is 27.8. The molecular weight excluding hydrogens is 685 g/mol. The van der Waals surface area contributed by atoms with Crippen LogP contribution in [0.25, 0.3) is 82.1 Å². The van der Waals surface area contributed by atoms with Gasteiger partial charge in [-0.2, -0.15) is 0 Å². The van der Waals surface area contributed by atoms with Gasteiger partial charge >= 0.3 is 0 Å². The summed E-state index contributed by atoms with van der Waals surface area (Å²) in [7, 11) is 0. The minimum atomic E-state index is -0.489. The summed E-state index contributed by atoms with van der Waals surface area (Å²) in [5, 5.41) is 13.3. The first-order valence-electron chi connectivity index (χ1n) is 19.0. The normalized spacial score (nSPS) is 14.6. The van der Waals surface area contributed by atoms with Gasteiger partial charge in [0, 0.05) is 50.0 Å². The summed E-state index contributed by atoms with van der Waals surface area (Å²) in [4.78, 5) is 10.5. The van der Waals surface area contributed by atoms with Gasteiger partial charge in [0.25, 0.3) is 0 Å². The number of fused-ring (bicyclic) bond motifs is 6. The maximum absolute atomic E-state index is 6.71. The molecular formula is C51H32N4O. The van der Waals surface area contributed by atoms with Crippen LogP contribution in [0, 0.1) is 0 Å². The Morgan fingerprint density at radius 2 is 0.946 bits per heavy atom. The van der Waals surface area contributed by atoms with Crippen molar-refractivity contribution in [3.8, 4) is 16.8 Å². The molecule has 3 heterocycles. The zero-order chi connectivity index (χ0) is 36.7. The van der Waals surface area contributed by atoms with E-state index in [0.717, 1.165) is 61.6 Å².